The summed E-state index contributed by atoms with van der Waals surface area (Å²) in [6, 6.07) is 9.70. The molecule has 2 rings (SSSR count). The van der Waals surface area contributed by atoms with Gasteiger partial charge in [-0.2, -0.15) is 0 Å². The van der Waals surface area contributed by atoms with Gasteiger partial charge in [0.2, 0.25) is 0 Å². The molecule has 364 valence electrons. The fourth-order valence-electron chi connectivity index (χ4n) is 6.79. The van der Waals surface area contributed by atoms with Crippen molar-refractivity contribution in [2.24, 2.45) is 11.8 Å². The minimum atomic E-state index is -1.61. The van der Waals surface area contributed by atoms with Gasteiger partial charge in [0.25, 0.3) is 0 Å². The number of benzene rings is 1. The Hall–Kier alpha value is -5.56. The fraction of sp³-hybridized carbons (Fsp3) is 0.652. The second-order valence-electron chi connectivity index (χ2n) is 16.1. The van der Waals surface area contributed by atoms with Gasteiger partial charge in [0, 0.05) is 31.6 Å². The summed E-state index contributed by atoms with van der Waals surface area (Å²) in [4.78, 5) is 99.5. The Morgan fingerprint density at radius 3 is 1.60 bits per heavy atom. The molecule has 0 radical (unpaired) electrons. The number of esters is 7. The highest BCUT2D eigenvalue weighted by Gasteiger charge is 2.47. The van der Waals surface area contributed by atoms with Crippen molar-refractivity contribution >= 4 is 47.9 Å². The number of carbonyl (C=O) groups excluding carboxylic acids is 8. The molecular formula is C46H66O19. The Morgan fingerprint density at radius 1 is 0.615 bits per heavy atom. The van der Waals surface area contributed by atoms with Crippen LogP contribution in [0.4, 0.5) is 4.79 Å². The lowest BCUT2D eigenvalue weighted by molar-refractivity contribution is -0.189. The maximum Gasteiger partial charge on any atom is 0.509 e. The maximum atomic E-state index is 13.2. The average Bonchev–Trinajstić information content (AvgIpc) is 3.53. The fourth-order valence-corrected chi connectivity index (χ4v) is 6.79. The van der Waals surface area contributed by atoms with Crippen LogP contribution >= 0.6 is 0 Å². The molecule has 1 aromatic rings. The number of unbranched alkanes of at least 4 members (excludes halogenated alkanes) is 1. The SMILES string of the molecule is CC(=O)O[C@H]1C[C@@H](OC(=O)OC(C)C(=O)OC(C)C(=O)OC(C)C(=O)OC(C)C(=O)OC(C)C(=O)OC(C)O)[C@H](CC[C@@H](O)CCc2ccccc2)[C@H]1C/C=C\CCCC(=O)OC(C)C. The summed E-state index contributed by atoms with van der Waals surface area (Å²) in [7, 11) is 0. The average molecular weight is 923 g/mol. The summed E-state index contributed by atoms with van der Waals surface area (Å²) in [6.45, 7) is 11.8. The van der Waals surface area contributed by atoms with Gasteiger partial charge in [0.15, 0.2) is 36.8 Å². The van der Waals surface area contributed by atoms with Crippen LogP contribution in [0.1, 0.15) is 119 Å². The summed E-state index contributed by atoms with van der Waals surface area (Å²) < 4.78 is 46.3. The summed E-state index contributed by atoms with van der Waals surface area (Å²) in [6.07, 6.45) is -5.22. The molecule has 6 unspecified atom stereocenters. The van der Waals surface area contributed by atoms with Gasteiger partial charge in [-0.25, -0.2) is 28.8 Å². The Bertz CT molecular complexity index is 1740. The Kier molecular flexibility index (Phi) is 24.3. The molecule has 0 spiro atoms. The number of hydrogen-bond donors (Lipinski definition) is 2. The molecule has 0 bridgehead atoms. The second kappa shape index (κ2) is 28.4. The summed E-state index contributed by atoms with van der Waals surface area (Å²) in [5, 5.41) is 20.1. The molecule has 0 heterocycles. The summed E-state index contributed by atoms with van der Waals surface area (Å²) >= 11 is 0. The van der Waals surface area contributed by atoms with Gasteiger partial charge in [-0.1, -0.05) is 42.5 Å². The monoisotopic (exact) mass is 922 g/mol. The van der Waals surface area contributed by atoms with Crippen LogP contribution in [0.15, 0.2) is 42.5 Å². The van der Waals surface area contributed by atoms with Gasteiger partial charge < -0.3 is 52.8 Å². The molecule has 1 aliphatic rings. The highest BCUT2D eigenvalue weighted by atomic mass is 16.7. The number of aliphatic hydroxyl groups is 2. The third-order valence-corrected chi connectivity index (χ3v) is 10.1. The smallest absolute Gasteiger partial charge is 0.463 e. The topological polar surface area (TPSA) is 260 Å². The van der Waals surface area contributed by atoms with Gasteiger partial charge in [0.1, 0.15) is 12.2 Å². The molecule has 2 N–H and O–H groups in total. The minimum Gasteiger partial charge on any atom is -0.463 e. The van der Waals surface area contributed by atoms with Crippen LogP contribution in [0.3, 0.4) is 0 Å². The lowest BCUT2D eigenvalue weighted by Crippen LogP contribution is -2.38. The zero-order chi connectivity index (χ0) is 48.8. The number of ether oxygens (including phenoxy) is 9. The summed E-state index contributed by atoms with van der Waals surface area (Å²) in [5.41, 5.74) is 1.07. The molecule has 1 aliphatic carbocycles. The van der Waals surface area contributed by atoms with Crippen LogP contribution in [0.25, 0.3) is 0 Å². The first kappa shape index (κ1) is 55.6. The largest absolute Gasteiger partial charge is 0.509 e. The van der Waals surface area contributed by atoms with E-state index in [0.29, 0.717) is 44.9 Å². The number of aryl methyl sites for hydroxylation is 1. The van der Waals surface area contributed by atoms with Crippen molar-refractivity contribution in [1.29, 1.82) is 0 Å². The highest BCUT2D eigenvalue weighted by molar-refractivity contribution is 5.86. The molecule has 65 heavy (non-hydrogen) atoms. The third kappa shape index (κ3) is 21.3. The molecule has 0 amide bonds. The highest BCUT2D eigenvalue weighted by Crippen LogP contribution is 2.42. The maximum absolute atomic E-state index is 13.2. The molecular weight excluding hydrogens is 856 g/mol. The molecule has 0 aromatic heterocycles. The molecule has 1 aromatic carbocycles. The van der Waals surface area contributed by atoms with E-state index >= 15 is 0 Å². The lowest BCUT2D eigenvalue weighted by Gasteiger charge is -2.26. The zero-order valence-electron chi connectivity index (χ0n) is 38.7. The van der Waals surface area contributed by atoms with E-state index in [0.717, 1.165) is 26.3 Å². The number of rotatable bonds is 26. The van der Waals surface area contributed by atoms with Gasteiger partial charge in [0.05, 0.1) is 12.2 Å². The molecule has 1 fully saturated rings. The van der Waals surface area contributed by atoms with Crippen molar-refractivity contribution in [2.45, 2.75) is 181 Å². The van der Waals surface area contributed by atoms with Crippen LogP contribution in [0, 0.1) is 11.8 Å². The van der Waals surface area contributed by atoms with Crippen molar-refractivity contribution in [3.8, 4) is 0 Å². The lowest BCUT2D eigenvalue weighted by atomic mass is 9.85. The van der Waals surface area contributed by atoms with Crippen LogP contribution in [0.2, 0.25) is 0 Å². The first-order chi connectivity index (χ1) is 30.6. The minimum absolute atomic E-state index is 0.110. The van der Waals surface area contributed by atoms with Crippen LogP contribution < -0.4 is 0 Å². The normalized spacial score (nSPS) is 20.2. The van der Waals surface area contributed by atoms with Crippen molar-refractivity contribution in [2.75, 3.05) is 0 Å². The van der Waals surface area contributed by atoms with Crippen molar-refractivity contribution in [3.63, 3.8) is 0 Å². The van der Waals surface area contributed by atoms with Crippen molar-refractivity contribution < 1.29 is 91.2 Å². The molecule has 0 saturated heterocycles. The number of aliphatic hydroxyl groups excluding tert-OH is 2. The van der Waals surface area contributed by atoms with E-state index in [1.165, 1.54) is 27.7 Å². The summed E-state index contributed by atoms with van der Waals surface area (Å²) in [5.74, 6) is -7.27. The van der Waals surface area contributed by atoms with E-state index in [-0.39, 0.29) is 30.8 Å². The quantitative estimate of drug-likeness (QED) is 0.0411. The van der Waals surface area contributed by atoms with Crippen molar-refractivity contribution in [3.05, 3.63) is 48.0 Å². The molecule has 1 saturated carbocycles. The zero-order valence-corrected chi connectivity index (χ0v) is 38.7. The molecule has 19 heteroatoms. The van der Waals surface area contributed by atoms with E-state index in [1.54, 1.807) is 13.8 Å². The molecule has 11 atom stereocenters. The van der Waals surface area contributed by atoms with Crippen LogP contribution in [0.5, 0.6) is 0 Å². The predicted molar refractivity (Wildman–Crippen MR) is 227 cm³/mol. The van der Waals surface area contributed by atoms with Gasteiger partial charge in [-0.05, 0) is 106 Å². The standard InChI is InChI=1S/C46H66O19/c1-26(2)57-40(50)20-16-11-10-15-19-36-37(24-23-35(49)22-21-34-17-13-12-14-18-34)39(25-38(36)63-32(8)47)65-46(56)62-31(7)44(54)60-29(5)42(52)58-27(3)41(51)59-28(4)43(53)61-30(6)45(55)64-33(9)48/h10,12-15,17-18,26-31,33,35-39,48-49H,11,16,19-25H2,1-9H3/b15-10-/t27?,28?,29?,30?,31?,33?,35-,36+,37+,38-,39+/m0/s1. The van der Waals surface area contributed by atoms with E-state index in [2.05, 4.69) is 4.74 Å². The number of carbonyl (C=O) groups is 8. The van der Waals surface area contributed by atoms with Gasteiger partial charge >= 0.3 is 47.9 Å². The predicted octanol–water partition coefficient (Wildman–Crippen LogP) is 4.91. The van der Waals surface area contributed by atoms with Gasteiger partial charge in [-0.15, -0.1) is 0 Å². The molecule has 0 aliphatic heterocycles. The first-order valence-corrected chi connectivity index (χ1v) is 21.9. The Labute approximate surface area is 379 Å². The second-order valence-corrected chi connectivity index (χ2v) is 16.1. The number of allylic oxidation sites excluding steroid dienone is 2. The van der Waals surface area contributed by atoms with Crippen LogP contribution in [-0.2, 0) is 82.6 Å². The Morgan fingerprint density at radius 2 is 1.11 bits per heavy atom. The van der Waals surface area contributed by atoms with E-state index < -0.39 is 103 Å². The molecule has 19 nitrogen and oxygen atoms in total. The number of hydrogen-bond acceptors (Lipinski definition) is 19. The van der Waals surface area contributed by atoms with E-state index in [9.17, 15) is 43.5 Å². The van der Waals surface area contributed by atoms with Crippen LogP contribution in [-0.4, -0.2) is 119 Å². The van der Waals surface area contributed by atoms with E-state index in [1.807, 2.05) is 42.5 Å². The Balaban J connectivity index is 2.04. The van der Waals surface area contributed by atoms with E-state index in [4.69, 9.17) is 43.0 Å². The van der Waals surface area contributed by atoms with Crippen molar-refractivity contribution in [1.82, 2.24) is 0 Å². The first-order valence-electron chi connectivity index (χ1n) is 21.9. The third-order valence-electron chi connectivity index (χ3n) is 10.1. The van der Waals surface area contributed by atoms with Gasteiger partial charge in [-0.3, -0.25) is 9.59 Å².